The molecule has 2 atom stereocenters. The monoisotopic (exact) mass is 122 g/mol. The van der Waals surface area contributed by atoms with Gasteiger partial charge in [0.2, 0.25) is 0 Å². The van der Waals surface area contributed by atoms with Crippen molar-refractivity contribution in [2.75, 3.05) is 13.1 Å². The Morgan fingerprint density at radius 2 is 1.78 bits per heavy atom. The molecule has 2 aliphatic rings. The van der Waals surface area contributed by atoms with E-state index in [2.05, 4.69) is 5.32 Å². The molecule has 0 saturated carbocycles. The number of piperazine rings is 1. The Kier molecular flexibility index (Phi) is 1.27. The summed E-state index contributed by atoms with van der Waals surface area (Å²) < 4.78 is 0. The average molecular weight is 122 g/mol. The number of fused-ring (bicyclic) bond motifs is 2. The number of nitrogens with zero attached hydrogens (tertiary/aromatic N) is 1. The molecule has 0 spiro atoms. The molecule has 0 aromatic heterocycles. The van der Waals surface area contributed by atoms with Crippen molar-refractivity contribution >= 4 is 7.98 Å². The molecule has 1 N–H and O–H groups in total. The van der Waals surface area contributed by atoms with Gasteiger partial charge >= 0.3 is 0 Å². The molecular formula is C6H11BN2. The van der Waals surface area contributed by atoms with Crippen LogP contribution in [0.2, 0.25) is 0 Å². The van der Waals surface area contributed by atoms with E-state index in [4.69, 9.17) is 7.98 Å². The van der Waals surface area contributed by atoms with E-state index < -0.39 is 0 Å². The molecule has 3 heteroatoms. The molecule has 2 radical (unpaired) electrons. The van der Waals surface area contributed by atoms with Gasteiger partial charge in [0, 0.05) is 25.2 Å². The molecule has 2 rings (SSSR count). The van der Waals surface area contributed by atoms with Gasteiger partial charge in [-0.25, -0.2) is 0 Å². The van der Waals surface area contributed by atoms with Gasteiger partial charge in [-0.05, 0) is 12.8 Å². The van der Waals surface area contributed by atoms with E-state index in [1.807, 2.05) is 4.81 Å². The molecule has 0 aliphatic carbocycles. The van der Waals surface area contributed by atoms with Gasteiger partial charge in [0.25, 0.3) is 0 Å². The SMILES string of the molecule is [B]N1CC2CCC(C1)N2. The lowest BCUT2D eigenvalue weighted by Gasteiger charge is -2.29. The van der Waals surface area contributed by atoms with E-state index in [9.17, 15) is 0 Å². The molecule has 2 nitrogen and oxygen atoms in total. The van der Waals surface area contributed by atoms with Crippen molar-refractivity contribution in [1.29, 1.82) is 0 Å². The van der Waals surface area contributed by atoms with Crippen molar-refractivity contribution in [2.24, 2.45) is 0 Å². The van der Waals surface area contributed by atoms with Crippen molar-refractivity contribution < 1.29 is 0 Å². The summed E-state index contributed by atoms with van der Waals surface area (Å²) in [7, 11) is 5.65. The zero-order valence-corrected chi connectivity index (χ0v) is 5.51. The third-order valence-corrected chi connectivity index (χ3v) is 2.24. The maximum atomic E-state index is 5.65. The number of hydrogen-bond donors (Lipinski definition) is 1. The van der Waals surface area contributed by atoms with E-state index in [1.165, 1.54) is 12.8 Å². The Bertz CT molecular complexity index is 106. The third kappa shape index (κ3) is 0.991. The standard InChI is InChI=1S/C6H11BN2/c7-9-3-5-1-2-6(4-9)8-5/h5-6,8H,1-4H2. The summed E-state index contributed by atoms with van der Waals surface area (Å²) in [5.41, 5.74) is 0. The minimum atomic E-state index is 0.689. The lowest BCUT2D eigenvalue weighted by Crippen LogP contribution is -2.49. The third-order valence-electron chi connectivity index (χ3n) is 2.24. The molecular weight excluding hydrogens is 111 g/mol. The van der Waals surface area contributed by atoms with Crippen molar-refractivity contribution in [1.82, 2.24) is 10.1 Å². The quantitative estimate of drug-likeness (QED) is 0.436. The summed E-state index contributed by atoms with van der Waals surface area (Å²) in [5, 5.41) is 3.50. The summed E-state index contributed by atoms with van der Waals surface area (Å²) in [4.78, 5) is 1.93. The van der Waals surface area contributed by atoms with Crippen LogP contribution in [0.5, 0.6) is 0 Å². The van der Waals surface area contributed by atoms with Crippen molar-refractivity contribution in [3.05, 3.63) is 0 Å². The van der Waals surface area contributed by atoms with E-state index >= 15 is 0 Å². The van der Waals surface area contributed by atoms with Crippen LogP contribution in [0, 0.1) is 0 Å². The smallest absolute Gasteiger partial charge is 0.182 e. The highest BCUT2D eigenvalue weighted by atomic mass is 15.2. The van der Waals surface area contributed by atoms with Crippen molar-refractivity contribution in [3.8, 4) is 0 Å². The molecule has 2 unspecified atom stereocenters. The van der Waals surface area contributed by atoms with Crippen LogP contribution in [0.4, 0.5) is 0 Å². The van der Waals surface area contributed by atoms with Crippen LogP contribution in [0.3, 0.4) is 0 Å². The molecule has 2 bridgehead atoms. The molecule has 2 saturated heterocycles. The first kappa shape index (κ1) is 5.75. The zero-order valence-electron chi connectivity index (χ0n) is 5.51. The number of hydrogen-bond acceptors (Lipinski definition) is 2. The Morgan fingerprint density at radius 1 is 1.22 bits per heavy atom. The lowest BCUT2D eigenvalue weighted by atomic mass is 10.2. The number of nitrogens with one attached hydrogen (secondary N) is 1. The van der Waals surface area contributed by atoms with Gasteiger partial charge in [0.15, 0.2) is 7.98 Å². The maximum absolute atomic E-state index is 5.65. The normalized spacial score (nSPS) is 43.6. The second kappa shape index (κ2) is 1.99. The minimum absolute atomic E-state index is 0.689. The molecule has 2 aliphatic heterocycles. The van der Waals surface area contributed by atoms with Gasteiger partial charge in [0.05, 0.1) is 0 Å². The maximum Gasteiger partial charge on any atom is 0.182 e. The van der Waals surface area contributed by atoms with E-state index in [1.54, 1.807) is 0 Å². The van der Waals surface area contributed by atoms with Gasteiger partial charge in [-0.1, -0.05) is 0 Å². The molecule has 48 valence electrons. The minimum Gasteiger partial charge on any atom is -0.351 e. The summed E-state index contributed by atoms with van der Waals surface area (Å²) in [6.45, 7) is 2.08. The Morgan fingerprint density at radius 3 is 2.33 bits per heavy atom. The predicted molar refractivity (Wildman–Crippen MR) is 37.3 cm³/mol. The van der Waals surface area contributed by atoms with Crippen molar-refractivity contribution in [3.63, 3.8) is 0 Å². The average Bonchev–Trinajstić information content (AvgIpc) is 2.11. The molecule has 2 fully saturated rings. The van der Waals surface area contributed by atoms with E-state index in [0.29, 0.717) is 12.1 Å². The predicted octanol–water partition coefficient (Wildman–Crippen LogP) is -0.494. The van der Waals surface area contributed by atoms with Crippen LogP contribution in [0.25, 0.3) is 0 Å². The second-order valence-corrected chi connectivity index (χ2v) is 3.09. The lowest BCUT2D eigenvalue weighted by molar-refractivity contribution is 0.308. The van der Waals surface area contributed by atoms with Gasteiger partial charge < -0.3 is 10.1 Å². The molecule has 9 heavy (non-hydrogen) atoms. The van der Waals surface area contributed by atoms with Crippen LogP contribution in [-0.4, -0.2) is 38.0 Å². The highest BCUT2D eigenvalue weighted by Gasteiger charge is 2.29. The summed E-state index contributed by atoms with van der Waals surface area (Å²) in [6.07, 6.45) is 2.64. The Balaban J connectivity index is 2.03. The molecule has 2 heterocycles. The van der Waals surface area contributed by atoms with E-state index in [-0.39, 0.29) is 0 Å². The van der Waals surface area contributed by atoms with Gasteiger partial charge in [-0.15, -0.1) is 0 Å². The van der Waals surface area contributed by atoms with Crippen LogP contribution >= 0.6 is 0 Å². The fourth-order valence-corrected chi connectivity index (χ4v) is 1.83. The zero-order chi connectivity index (χ0) is 6.27. The fraction of sp³-hybridized carbons (Fsp3) is 1.00. The highest BCUT2D eigenvalue weighted by Crippen LogP contribution is 2.17. The Labute approximate surface area is 57.0 Å². The fourth-order valence-electron chi connectivity index (χ4n) is 1.83. The van der Waals surface area contributed by atoms with Crippen LogP contribution < -0.4 is 5.32 Å². The van der Waals surface area contributed by atoms with Gasteiger partial charge in [-0.2, -0.15) is 0 Å². The van der Waals surface area contributed by atoms with Crippen LogP contribution in [0.15, 0.2) is 0 Å². The molecule has 0 aromatic rings. The number of rotatable bonds is 0. The first-order chi connectivity index (χ1) is 4.34. The molecule has 0 amide bonds. The highest BCUT2D eigenvalue weighted by molar-refractivity contribution is 6.04. The Hall–Kier alpha value is -0.0151. The second-order valence-electron chi connectivity index (χ2n) is 3.09. The molecule has 0 aromatic carbocycles. The summed E-state index contributed by atoms with van der Waals surface area (Å²) >= 11 is 0. The first-order valence-electron chi connectivity index (χ1n) is 3.60. The summed E-state index contributed by atoms with van der Waals surface area (Å²) in [5.74, 6) is 0. The van der Waals surface area contributed by atoms with Gasteiger partial charge in [0.1, 0.15) is 0 Å². The van der Waals surface area contributed by atoms with E-state index in [0.717, 1.165) is 13.1 Å². The van der Waals surface area contributed by atoms with Crippen LogP contribution in [0.1, 0.15) is 12.8 Å². The van der Waals surface area contributed by atoms with Gasteiger partial charge in [-0.3, -0.25) is 0 Å². The largest absolute Gasteiger partial charge is 0.351 e. The topological polar surface area (TPSA) is 15.3 Å². The first-order valence-corrected chi connectivity index (χ1v) is 3.60. The van der Waals surface area contributed by atoms with Crippen LogP contribution in [-0.2, 0) is 0 Å². The summed E-state index contributed by atoms with van der Waals surface area (Å²) in [6, 6.07) is 1.38. The van der Waals surface area contributed by atoms with Crippen molar-refractivity contribution in [2.45, 2.75) is 24.9 Å².